The summed E-state index contributed by atoms with van der Waals surface area (Å²) in [6.45, 7) is 1.46. The first kappa shape index (κ1) is 24.2. The van der Waals surface area contributed by atoms with Gasteiger partial charge in [-0.1, -0.05) is 19.3 Å². The Kier molecular flexibility index (Phi) is 11.7. The van der Waals surface area contributed by atoms with Crippen molar-refractivity contribution in [1.82, 2.24) is 21.3 Å². The molecule has 2 saturated heterocycles. The number of hydrogen-bond donors (Lipinski definition) is 5. The number of carbonyl (C=O) groups excluding carboxylic acids is 3. The van der Waals surface area contributed by atoms with Gasteiger partial charge in [0.25, 0.3) is 0 Å². The fourth-order valence-electron chi connectivity index (χ4n) is 3.75. The standard InChI is InChI=1S/C20H36N4O3S2/c25-17(21-11-5-1-2-6-12-22-18(26)10-7-13-28)9-4-3-8-16-19-15(14-29-16)23-20(27)24-19/h15-16,19,28H,1-14H2,(H,21,25)(H,22,26)(H2,23,24,27)/t15-,16-,19-/m0/s1. The normalized spacial score (nSPS) is 22.7. The molecule has 0 unspecified atom stereocenters. The third-order valence-corrected chi connectivity index (χ3v) is 7.22. The van der Waals surface area contributed by atoms with Gasteiger partial charge < -0.3 is 21.3 Å². The molecule has 2 rings (SSSR count). The first-order chi connectivity index (χ1) is 14.1. The Morgan fingerprint density at radius 2 is 1.59 bits per heavy atom. The zero-order valence-electron chi connectivity index (χ0n) is 17.2. The molecule has 9 heteroatoms. The van der Waals surface area contributed by atoms with Gasteiger partial charge in [0.05, 0.1) is 12.1 Å². The fourth-order valence-corrected chi connectivity index (χ4v) is 5.45. The van der Waals surface area contributed by atoms with Gasteiger partial charge in [0.15, 0.2) is 0 Å². The minimum absolute atomic E-state index is 0.0429. The van der Waals surface area contributed by atoms with Gasteiger partial charge in [-0.15, -0.1) is 0 Å². The lowest BCUT2D eigenvalue weighted by molar-refractivity contribution is -0.122. The van der Waals surface area contributed by atoms with Gasteiger partial charge in [0, 0.05) is 36.9 Å². The molecular formula is C20H36N4O3S2. The van der Waals surface area contributed by atoms with Crippen molar-refractivity contribution in [2.75, 3.05) is 24.6 Å². The molecule has 0 aliphatic carbocycles. The van der Waals surface area contributed by atoms with E-state index in [1.54, 1.807) is 0 Å². The molecule has 0 saturated carbocycles. The van der Waals surface area contributed by atoms with Crippen LogP contribution in [0.4, 0.5) is 4.79 Å². The molecule has 0 bridgehead atoms. The molecule has 2 aliphatic rings. The summed E-state index contributed by atoms with van der Waals surface area (Å²) in [5.74, 6) is 1.98. The summed E-state index contributed by atoms with van der Waals surface area (Å²) in [6, 6.07) is 0.483. The second kappa shape index (κ2) is 14.0. The summed E-state index contributed by atoms with van der Waals surface area (Å²) in [5, 5.41) is 12.4. The van der Waals surface area contributed by atoms with Crippen molar-refractivity contribution in [2.45, 2.75) is 81.5 Å². The Labute approximate surface area is 184 Å². The topological polar surface area (TPSA) is 99.3 Å². The fraction of sp³-hybridized carbons (Fsp3) is 0.850. The highest BCUT2D eigenvalue weighted by molar-refractivity contribution is 8.00. The molecular weight excluding hydrogens is 408 g/mol. The smallest absolute Gasteiger partial charge is 0.315 e. The van der Waals surface area contributed by atoms with Crippen LogP contribution in [-0.2, 0) is 9.59 Å². The van der Waals surface area contributed by atoms with Gasteiger partial charge in [0.1, 0.15) is 0 Å². The molecule has 0 radical (unpaired) electrons. The third kappa shape index (κ3) is 9.51. The molecule has 7 nitrogen and oxygen atoms in total. The highest BCUT2D eigenvalue weighted by Gasteiger charge is 2.42. The summed E-state index contributed by atoms with van der Waals surface area (Å²) < 4.78 is 0. The number of urea groups is 1. The first-order valence-corrected chi connectivity index (χ1v) is 12.6. The average Bonchev–Trinajstić information content (AvgIpc) is 3.25. The monoisotopic (exact) mass is 444 g/mol. The second-order valence-corrected chi connectivity index (χ2v) is 9.53. The lowest BCUT2D eigenvalue weighted by Gasteiger charge is -2.16. The lowest BCUT2D eigenvalue weighted by atomic mass is 10.0. The van der Waals surface area contributed by atoms with Gasteiger partial charge in [-0.3, -0.25) is 9.59 Å². The number of amides is 4. The highest BCUT2D eigenvalue weighted by Crippen LogP contribution is 2.33. The highest BCUT2D eigenvalue weighted by atomic mass is 32.2. The Hall–Kier alpha value is -1.09. The molecule has 0 spiro atoms. The maximum Gasteiger partial charge on any atom is 0.315 e. The van der Waals surface area contributed by atoms with Crippen LogP contribution in [0.25, 0.3) is 0 Å². The minimum Gasteiger partial charge on any atom is -0.356 e. The van der Waals surface area contributed by atoms with Crippen molar-refractivity contribution in [2.24, 2.45) is 0 Å². The van der Waals surface area contributed by atoms with Crippen LogP contribution in [0.3, 0.4) is 0 Å². The molecule has 3 atom stereocenters. The average molecular weight is 445 g/mol. The molecule has 0 aromatic carbocycles. The molecule has 4 N–H and O–H groups in total. The third-order valence-electron chi connectivity index (χ3n) is 5.39. The number of carbonyl (C=O) groups is 3. The maximum atomic E-state index is 11.9. The number of fused-ring (bicyclic) bond motifs is 1. The summed E-state index contributed by atoms with van der Waals surface area (Å²) >= 11 is 6.02. The predicted molar refractivity (Wildman–Crippen MR) is 122 cm³/mol. The van der Waals surface area contributed by atoms with Crippen LogP contribution in [0.15, 0.2) is 0 Å². The predicted octanol–water partition coefficient (Wildman–Crippen LogP) is 2.21. The van der Waals surface area contributed by atoms with Crippen LogP contribution >= 0.6 is 24.4 Å². The van der Waals surface area contributed by atoms with Crippen LogP contribution in [0.2, 0.25) is 0 Å². The van der Waals surface area contributed by atoms with E-state index in [2.05, 4.69) is 33.9 Å². The van der Waals surface area contributed by atoms with E-state index in [9.17, 15) is 14.4 Å². The zero-order chi connectivity index (χ0) is 20.9. The molecule has 29 heavy (non-hydrogen) atoms. The van der Waals surface area contributed by atoms with Crippen molar-refractivity contribution in [3.05, 3.63) is 0 Å². The lowest BCUT2D eigenvalue weighted by Crippen LogP contribution is -2.36. The zero-order valence-corrected chi connectivity index (χ0v) is 18.9. The molecule has 0 aromatic heterocycles. The van der Waals surface area contributed by atoms with E-state index in [0.717, 1.165) is 76.0 Å². The Bertz CT molecular complexity index is 536. The molecule has 2 aliphatic heterocycles. The van der Waals surface area contributed by atoms with Crippen molar-refractivity contribution in [1.29, 1.82) is 0 Å². The first-order valence-electron chi connectivity index (χ1n) is 10.9. The molecule has 2 fully saturated rings. The van der Waals surface area contributed by atoms with E-state index in [1.165, 1.54) is 0 Å². The number of rotatable bonds is 15. The van der Waals surface area contributed by atoms with E-state index >= 15 is 0 Å². The molecule has 166 valence electrons. The number of nitrogens with one attached hydrogen (secondary N) is 4. The largest absolute Gasteiger partial charge is 0.356 e. The maximum absolute atomic E-state index is 11.9. The SMILES string of the molecule is O=C(CCCS)NCCCCCCNC(=O)CCCC[C@@H]1SC[C@@H]2NC(=O)N[C@@H]21. The molecule has 0 aromatic rings. The second-order valence-electron chi connectivity index (χ2n) is 7.81. The quantitative estimate of drug-likeness (QED) is 0.152. The number of thiol groups is 1. The van der Waals surface area contributed by atoms with E-state index < -0.39 is 0 Å². The number of thioether (sulfide) groups is 1. The van der Waals surface area contributed by atoms with E-state index in [-0.39, 0.29) is 29.9 Å². The number of unbranched alkanes of at least 4 members (excludes halogenated alkanes) is 4. The number of hydrogen-bond acceptors (Lipinski definition) is 5. The van der Waals surface area contributed by atoms with Gasteiger partial charge in [-0.2, -0.15) is 24.4 Å². The van der Waals surface area contributed by atoms with Gasteiger partial charge >= 0.3 is 6.03 Å². The summed E-state index contributed by atoms with van der Waals surface area (Å²) in [7, 11) is 0. The van der Waals surface area contributed by atoms with Gasteiger partial charge in [-0.05, 0) is 37.9 Å². The summed E-state index contributed by atoms with van der Waals surface area (Å²) in [6.07, 6.45) is 9.02. The van der Waals surface area contributed by atoms with Gasteiger partial charge in [0.2, 0.25) is 11.8 Å². The van der Waals surface area contributed by atoms with Gasteiger partial charge in [-0.25, -0.2) is 4.79 Å². The Balaban J connectivity index is 1.36. The Morgan fingerprint density at radius 1 is 0.931 bits per heavy atom. The van der Waals surface area contributed by atoms with Crippen molar-refractivity contribution >= 4 is 42.2 Å². The van der Waals surface area contributed by atoms with Crippen LogP contribution in [-0.4, -0.2) is 59.8 Å². The van der Waals surface area contributed by atoms with Crippen LogP contribution in [0, 0.1) is 0 Å². The summed E-state index contributed by atoms with van der Waals surface area (Å²) in [5.41, 5.74) is 0. The van der Waals surface area contributed by atoms with Crippen LogP contribution < -0.4 is 21.3 Å². The molecule has 2 heterocycles. The van der Waals surface area contributed by atoms with Crippen molar-refractivity contribution < 1.29 is 14.4 Å². The van der Waals surface area contributed by atoms with E-state index in [1.807, 2.05) is 11.8 Å². The Morgan fingerprint density at radius 3 is 2.24 bits per heavy atom. The van der Waals surface area contributed by atoms with Crippen molar-refractivity contribution in [3.63, 3.8) is 0 Å². The van der Waals surface area contributed by atoms with E-state index in [4.69, 9.17) is 0 Å². The van der Waals surface area contributed by atoms with Crippen LogP contribution in [0.5, 0.6) is 0 Å². The summed E-state index contributed by atoms with van der Waals surface area (Å²) in [4.78, 5) is 34.7. The molecule has 4 amide bonds. The van der Waals surface area contributed by atoms with E-state index in [0.29, 0.717) is 18.1 Å². The van der Waals surface area contributed by atoms with Crippen LogP contribution in [0.1, 0.15) is 64.2 Å². The van der Waals surface area contributed by atoms with Crippen molar-refractivity contribution in [3.8, 4) is 0 Å². The minimum atomic E-state index is -0.0429.